The Morgan fingerprint density at radius 2 is 2.11 bits per heavy atom. The van der Waals surface area contributed by atoms with Gasteiger partial charge in [-0.25, -0.2) is 15.0 Å². The predicted molar refractivity (Wildman–Crippen MR) is 104 cm³/mol. The third-order valence-corrected chi connectivity index (χ3v) is 4.87. The van der Waals surface area contributed by atoms with Gasteiger partial charge in [0.25, 0.3) is 0 Å². The molecule has 1 saturated heterocycles. The summed E-state index contributed by atoms with van der Waals surface area (Å²) in [6, 6.07) is 3.85. The molecule has 27 heavy (non-hydrogen) atoms. The normalized spacial score (nSPS) is 15.1. The standard InChI is InChI=1S/C19H23N7O/c1-12(27)23-17-11-26-10-14(2-3-18(26)25-17)16-9-22-19(20)15(24-16)8-13-4-6-21-7-5-13/h2-3,9-11,13,21H,4-8H2,1H3,(H2,20,22)(H,23,27). The smallest absolute Gasteiger partial charge is 0.222 e. The van der Waals surface area contributed by atoms with Crippen molar-refractivity contribution in [2.45, 2.75) is 26.2 Å². The second kappa shape index (κ2) is 7.32. The Bertz CT molecular complexity index is 975. The summed E-state index contributed by atoms with van der Waals surface area (Å²) in [6.07, 6.45) is 8.54. The Morgan fingerprint density at radius 3 is 2.89 bits per heavy atom. The van der Waals surface area contributed by atoms with Gasteiger partial charge in [-0.3, -0.25) is 4.79 Å². The quantitative estimate of drug-likeness (QED) is 0.651. The van der Waals surface area contributed by atoms with E-state index in [4.69, 9.17) is 10.7 Å². The van der Waals surface area contributed by atoms with Crippen LogP contribution < -0.4 is 16.4 Å². The SMILES string of the molecule is CC(=O)Nc1cn2cc(-c3cnc(N)c(CC4CCNCC4)n3)ccc2n1. The van der Waals surface area contributed by atoms with E-state index in [1.807, 2.05) is 22.7 Å². The van der Waals surface area contributed by atoms with E-state index in [1.54, 1.807) is 12.4 Å². The third-order valence-electron chi connectivity index (χ3n) is 4.87. The average Bonchev–Trinajstić information content (AvgIpc) is 3.05. The van der Waals surface area contributed by atoms with Gasteiger partial charge in [0.1, 0.15) is 11.5 Å². The fourth-order valence-corrected chi connectivity index (χ4v) is 3.47. The van der Waals surface area contributed by atoms with Crippen molar-refractivity contribution < 1.29 is 4.79 Å². The molecule has 8 heteroatoms. The lowest BCUT2D eigenvalue weighted by molar-refractivity contribution is -0.114. The molecule has 4 heterocycles. The van der Waals surface area contributed by atoms with E-state index in [2.05, 4.69) is 20.6 Å². The molecule has 0 saturated carbocycles. The molecule has 1 aliphatic rings. The molecular weight excluding hydrogens is 342 g/mol. The largest absolute Gasteiger partial charge is 0.382 e. The van der Waals surface area contributed by atoms with Crippen molar-refractivity contribution in [3.63, 3.8) is 0 Å². The monoisotopic (exact) mass is 365 g/mol. The molecule has 0 radical (unpaired) electrons. The molecule has 4 rings (SSSR count). The molecule has 0 unspecified atom stereocenters. The molecule has 0 spiro atoms. The van der Waals surface area contributed by atoms with Crippen molar-refractivity contribution in [1.82, 2.24) is 24.7 Å². The summed E-state index contributed by atoms with van der Waals surface area (Å²) in [5.41, 5.74) is 9.40. The number of anilines is 2. The zero-order chi connectivity index (χ0) is 18.8. The highest BCUT2D eigenvalue weighted by Gasteiger charge is 2.17. The number of amides is 1. The number of nitrogen functional groups attached to an aromatic ring is 1. The number of rotatable bonds is 4. The zero-order valence-electron chi connectivity index (χ0n) is 15.3. The van der Waals surface area contributed by atoms with Crippen LogP contribution in [0.3, 0.4) is 0 Å². The van der Waals surface area contributed by atoms with Gasteiger partial charge in [-0.1, -0.05) is 0 Å². The van der Waals surface area contributed by atoms with E-state index in [9.17, 15) is 4.79 Å². The van der Waals surface area contributed by atoms with E-state index in [0.29, 0.717) is 17.6 Å². The van der Waals surface area contributed by atoms with Gasteiger partial charge in [0, 0.05) is 18.7 Å². The first kappa shape index (κ1) is 17.4. The number of nitrogens with two attached hydrogens (primary N) is 1. The van der Waals surface area contributed by atoms with Crippen LogP contribution in [0, 0.1) is 5.92 Å². The summed E-state index contributed by atoms with van der Waals surface area (Å²) in [7, 11) is 0. The Kier molecular flexibility index (Phi) is 4.72. The minimum Gasteiger partial charge on any atom is -0.382 e. The fourth-order valence-electron chi connectivity index (χ4n) is 3.47. The van der Waals surface area contributed by atoms with Gasteiger partial charge < -0.3 is 20.8 Å². The molecule has 140 valence electrons. The van der Waals surface area contributed by atoms with Gasteiger partial charge >= 0.3 is 0 Å². The molecule has 3 aromatic rings. The first-order valence-corrected chi connectivity index (χ1v) is 9.17. The molecule has 0 atom stereocenters. The lowest BCUT2D eigenvalue weighted by atomic mass is 9.93. The lowest BCUT2D eigenvalue weighted by Gasteiger charge is -2.22. The van der Waals surface area contributed by atoms with Gasteiger partial charge in [-0.15, -0.1) is 0 Å². The number of carbonyl (C=O) groups is 1. The summed E-state index contributed by atoms with van der Waals surface area (Å²) in [5, 5.41) is 6.08. The summed E-state index contributed by atoms with van der Waals surface area (Å²) in [5.74, 6) is 1.48. The number of hydrogen-bond acceptors (Lipinski definition) is 6. The predicted octanol–water partition coefficient (Wildman–Crippen LogP) is 1.87. The van der Waals surface area contributed by atoms with Crippen LogP contribution in [0.5, 0.6) is 0 Å². The van der Waals surface area contributed by atoms with Crippen molar-refractivity contribution in [2.24, 2.45) is 5.92 Å². The van der Waals surface area contributed by atoms with Crippen molar-refractivity contribution >= 4 is 23.2 Å². The number of nitrogens with one attached hydrogen (secondary N) is 2. The molecule has 1 amide bonds. The summed E-state index contributed by atoms with van der Waals surface area (Å²) in [4.78, 5) is 24.7. The minimum atomic E-state index is -0.148. The first-order valence-electron chi connectivity index (χ1n) is 9.17. The van der Waals surface area contributed by atoms with E-state index in [-0.39, 0.29) is 5.91 Å². The number of fused-ring (bicyclic) bond motifs is 1. The topological polar surface area (TPSA) is 110 Å². The van der Waals surface area contributed by atoms with Gasteiger partial charge in [-0.2, -0.15) is 0 Å². The van der Waals surface area contributed by atoms with Gasteiger partial charge in [0.05, 0.1) is 23.8 Å². The highest BCUT2D eigenvalue weighted by Crippen LogP contribution is 2.24. The Hall–Kier alpha value is -3.00. The number of imidazole rings is 1. The summed E-state index contributed by atoms with van der Waals surface area (Å²) >= 11 is 0. The zero-order valence-corrected chi connectivity index (χ0v) is 15.3. The number of carbonyl (C=O) groups excluding carboxylic acids is 1. The molecule has 0 aromatic carbocycles. The van der Waals surface area contributed by atoms with Crippen molar-refractivity contribution in [3.8, 4) is 11.3 Å². The second-order valence-corrected chi connectivity index (χ2v) is 6.98. The third kappa shape index (κ3) is 3.90. The Labute approximate surface area is 157 Å². The maximum atomic E-state index is 11.2. The maximum absolute atomic E-state index is 11.2. The molecule has 1 fully saturated rings. The van der Waals surface area contributed by atoms with Crippen LogP contribution in [-0.4, -0.2) is 38.3 Å². The summed E-state index contributed by atoms with van der Waals surface area (Å²) < 4.78 is 1.87. The molecule has 1 aliphatic heterocycles. The van der Waals surface area contributed by atoms with E-state index >= 15 is 0 Å². The number of hydrogen-bond donors (Lipinski definition) is 3. The lowest BCUT2D eigenvalue weighted by Crippen LogP contribution is -2.29. The number of nitrogens with zero attached hydrogens (tertiary/aromatic N) is 4. The molecule has 3 aromatic heterocycles. The van der Waals surface area contributed by atoms with Crippen molar-refractivity contribution in [1.29, 1.82) is 0 Å². The second-order valence-electron chi connectivity index (χ2n) is 6.98. The van der Waals surface area contributed by atoms with E-state index < -0.39 is 0 Å². The molecule has 0 bridgehead atoms. The number of aromatic nitrogens is 4. The van der Waals surface area contributed by atoms with Crippen LogP contribution >= 0.6 is 0 Å². The van der Waals surface area contributed by atoms with E-state index in [0.717, 1.165) is 55.0 Å². The van der Waals surface area contributed by atoms with Gasteiger partial charge in [-0.05, 0) is 50.4 Å². The number of pyridine rings is 1. The van der Waals surface area contributed by atoms with Crippen LogP contribution in [0.2, 0.25) is 0 Å². The highest BCUT2D eigenvalue weighted by atomic mass is 16.1. The van der Waals surface area contributed by atoms with Crippen LogP contribution in [0.4, 0.5) is 11.6 Å². The number of piperidine rings is 1. The maximum Gasteiger partial charge on any atom is 0.222 e. The van der Waals surface area contributed by atoms with Crippen molar-refractivity contribution in [3.05, 3.63) is 36.4 Å². The first-order chi connectivity index (χ1) is 13.1. The van der Waals surface area contributed by atoms with Gasteiger partial charge in [0.2, 0.25) is 5.91 Å². The van der Waals surface area contributed by atoms with Crippen LogP contribution in [0.15, 0.2) is 30.7 Å². The molecule has 8 nitrogen and oxygen atoms in total. The summed E-state index contributed by atoms with van der Waals surface area (Å²) in [6.45, 7) is 3.56. The highest BCUT2D eigenvalue weighted by molar-refractivity contribution is 5.87. The van der Waals surface area contributed by atoms with Crippen LogP contribution in [0.1, 0.15) is 25.5 Å². The minimum absolute atomic E-state index is 0.148. The Balaban J connectivity index is 1.62. The average molecular weight is 365 g/mol. The van der Waals surface area contributed by atoms with Crippen LogP contribution in [-0.2, 0) is 11.2 Å². The molecular formula is C19H23N7O. The van der Waals surface area contributed by atoms with Gasteiger partial charge in [0.15, 0.2) is 5.82 Å². The Morgan fingerprint density at radius 1 is 1.30 bits per heavy atom. The molecule has 4 N–H and O–H groups in total. The molecule has 0 aliphatic carbocycles. The van der Waals surface area contributed by atoms with Crippen LogP contribution in [0.25, 0.3) is 16.9 Å². The fraction of sp³-hybridized carbons (Fsp3) is 0.368. The van der Waals surface area contributed by atoms with Crippen molar-refractivity contribution in [2.75, 3.05) is 24.1 Å². The van der Waals surface area contributed by atoms with E-state index in [1.165, 1.54) is 6.92 Å².